The number of aliphatic hydroxyl groups excluding tert-OH is 2. The second-order valence-corrected chi connectivity index (χ2v) is 5.63. The smallest absolute Gasteiger partial charge is 0.208 e. The fourth-order valence-electron chi connectivity index (χ4n) is 1.62. The number of carbonyl (C=O) groups excluding carboxylic acids is 1. The fourth-order valence-corrected chi connectivity index (χ4v) is 2.23. The molecular weight excluding hydrogens is 359 g/mol. The van der Waals surface area contributed by atoms with Crippen molar-refractivity contribution in [2.45, 2.75) is 6.92 Å². The highest BCUT2D eigenvalue weighted by molar-refractivity contribution is 7.95. The number of aliphatic hydroxyl groups is 2. The summed E-state index contributed by atoms with van der Waals surface area (Å²) in [5, 5.41) is 21.7. The molecule has 0 aromatic carbocycles. The topological polar surface area (TPSA) is 97.2 Å². The average molecular weight is 384 g/mol. The quantitative estimate of drug-likeness (QED) is 0.102. The summed E-state index contributed by atoms with van der Waals surface area (Å²) < 4.78 is 18.6. The number of carbonyl (C=O) groups is 1. The van der Waals surface area contributed by atoms with Crippen molar-refractivity contribution < 1.29 is 19.4 Å². The molecule has 0 saturated heterocycles. The van der Waals surface area contributed by atoms with Gasteiger partial charge in [0.05, 0.1) is 18.8 Å². The van der Waals surface area contributed by atoms with Gasteiger partial charge in [0.2, 0.25) is 5.88 Å². The number of allylic oxidation sites excluding steroid dienone is 3. The zero-order valence-electron chi connectivity index (χ0n) is 14.9. The molecule has 0 aliphatic carbocycles. The number of aliphatic imine (C=N–C) groups is 1. The lowest BCUT2D eigenvalue weighted by molar-refractivity contribution is -0.107. The Hall–Kier alpha value is -2.36. The zero-order chi connectivity index (χ0) is 19.9. The molecule has 0 radical (unpaired) electrons. The van der Waals surface area contributed by atoms with E-state index < -0.39 is 12.4 Å². The maximum atomic E-state index is 14.5. The molecule has 4 N–H and O–H groups in total. The van der Waals surface area contributed by atoms with Gasteiger partial charge in [-0.3, -0.25) is 4.31 Å². The molecule has 144 valence electrons. The zero-order valence-corrected chi connectivity index (χ0v) is 15.7. The predicted molar refractivity (Wildman–Crippen MR) is 105 cm³/mol. The summed E-state index contributed by atoms with van der Waals surface area (Å²) in [6.45, 7) is 8.30. The van der Waals surface area contributed by atoms with Crippen LogP contribution in [0.1, 0.15) is 6.92 Å². The first kappa shape index (κ1) is 23.6. The van der Waals surface area contributed by atoms with Crippen LogP contribution in [0.25, 0.3) is 0 Å². The molecule has 0 unspecified atom stereocenters. The van der Waals surface area contributed by atoms with Gasteiger partial charge < -0.3 is 20.3 Å². The number of hydrogen-bond donors (Lipinski definition) is 4. The Labute approximate surface area is 157 Å². The van der Waals surface area contributed by atoms with Gasteiger partial charge in [-0.1, -0.05) is 19.2 Å². The van der Waals surface area contributed by atoms with Crippen LogP contribution in [0.4, 0.5) is 4.39 Å². The van der Waals surface area contributed by atoms with E-state index in [4.69, 9.17) is 0 Å². The molecule has 0 atom stereocenters. The number of rotatable bonds is 12. The van der Waals surface area contributed by atoms with Crippen LogP contribution < -0.4 is 10.0 Å². The molecule has 26 heavy (non-hydrogen) atoms. The van der Waals surface area contributed by atoms with Gasteiger partial charge in [-0.25, -0.2) is 9.11 Å². The third-order valence-corrected chi connectivity index (χ3v) is 3.68. The minimum Gasteiger partial charge on any atom is -0.493 e. The maximum Gasteiger partial charge on any atom is 0.208 e. The normalized spacial score (nSPS) is 13.8. The number of amidine groups is 1. The Balaban J connectivity index is 5.45. The van der Waals surface area contributed by atoms with E-state index in [9.17, 15) is 19.4 Å². The number of nitrogens with one attached hydrogen (secondary N) is 2. The van der Waals surface area contributed by atoms with Crippen LogP contribution >= 0.6 is 12.1 Å². The summed E-state index contributed by atoms with van der Waals surface area (Å²) in [5.74, 6) is -0.589. The van der Waals surface area contributed by atoms with Gasteiger partial charge in [0, 0.05) is 18.7 Å². The third kappa shape index (κ3) is 8.65. The molecule has 0 rings (SSSR count). The van der Waals surface area contributed by atoms with Gasteiger partial charge in [-0.05, 0) is 37.8 Å². The van der Waals surface area contributed by atoms with Gasteiger partial charge in [-0.2, -0.15) is 4.99 Å². The Morgan fingerprint density at radius 2 is 2.08 bits per heavy atom. The van der Waals surface area contributed by atoms with Crippen LogP contribution in [-0.2, 0) is 4.79 Å². The summed E-state index contributed by atoms with van der Waals surface area (Å²) in [5.41, 5.74) is 0.406. The van der Waals surface area contributed by atoms with E-state index in [-0.39, 0.29) is 24.7 Å². The van der Waals surface area contributed by atoms with Crippen molar-refractivity contribution in [2.75, 3.05) is 26.7 Å². The van der Waals surface area contributed by atoms with Crippen LogP contribution in [0.2, 0.25) is 0 Å². The first-order chi connectivity index (χ1) is 12.5. The molecule has 0 aromatic rings. The van der Waals surface area contributed by atoms with Crippen molar-refractivity contribution in [2.24, 2.45) is 4.99 Å². The SMILES string of the molecule is C=C/C(=C\C(F)=C(/CO)N(CC=O)SNC)CN/C(C=C)=N/C(O)=C\C. The maximum absolute atomic E-state index is 14.5. The molecular formula is C17H25FN4O3S. The molecule has 0 aliphatic rings. The van der Waals surface area contributed by atoms with Crippen molar-refractivity contribution in [1.29, 1.82) is 0 Å². The molecule has 0 bridgehead atoms. The second kappa shape index (κ2) is 13.9. The summed E-state index contributed by atoms with van der Waals surface area (Å²) in [6.07, 6.45) is 6.05. The van der Waals surface area contributed by atoms with Crippen molar-refractivity contribution in [3.05, 3.63) is 60.4 Å². The number of aldehydes is 1. The monoisotopic (exact) mass is 384 g/mol. The summed E-state index contributed by atoms with van der Waals surface area (Å²) in [6, 6.07) is 0. The van der Waals surface area contributed by atoms with E-state index in [1.807, 2.05) is 0 Å². The Bertz CT molecular complexity index is 615. The third-order valence-electron chi connectivity index (χ3n) is 2.90. The molecule has 0 aliphatic heterocycles. The van der Waals surface area contributed by atoms with Crippen molar-refractivity contribution >= 4 is 24.3 Å². The number of halogens is 1. The molecule has 0 spiro atoms. The largest absolute Gasteiger partial charge is 0.493 e. The van der Waals surface area contributed by atoms with Crippen LogP contribution in [0.3, 0.4) is 0 Å². The summed E-state index contributed by atoms with van der Waals surface area (Å²) in [4.78, 5) is 14.6. The highest BCUT2D eigenvalue weighted by Crippen LogP contribution is 2.20. The predicted octanol–water partition coefficient (Wildman–Crippen LogP) is 2.15. The van der Waals surface area contributed by atoms with Gasteiger partial charge in [0.1, 0.15) is 17.9 Å². The molecule has 7 nitrogen and oxygen atoms in total. The summed E-state index contributed by atoms with van der Waals surface area (Å²) >= 11 is 0.985. The van der Waals surface area contributed by atoms with Crippen molar-refractivity contribution in [1.82, 2.24) is 14.3 Å². The van der Waals surface area contributed by atoms with E-state index in [0.717, 1.165) is 12.1 Å². The lowest BCUT2D eigenvalue weighted by atomic mass is 10.2. The minimum absolute atomic E-state index is 0.0556. The standard InChI is InChI=1S/C17H25FN4O3S/c1-5-13(11-20-16(6-2)21-17(25)7-3)10-14(18)15(12-24)22(8-9-23)26-19-4/h5-7,9-10,19,24-25H,1-2,8,11-12H2,3-4H3,(H,20,21)/b13-10+,15-14-,17-7+. The van der Waals surface area contributed by atoms with Crippen LogP contribution in [0.5, 0.6) is 0 Å². The fraction of sp³-hybridized carbons (Fsp3) is 0.294. The molecule has 0 heterocycles. The molecule has 0 fully saturated rings. The van der Waals surface area contributed by atoms with E-state index >= 15 is 0 Å². The minimum atomic E-state index is -0.706. The number of nitrogens with zero attached hydrogens (tertiary/aromatic N) is 2. The van der Waals surface area contributed by atoms with Gasteiger partial charge in [0.15, 0.2) is 0 Å². The Kier molecular flexibility index (Phi) is 12.6. The molecule has 0 saturated carbocycles. The first-order valence-corrected chi connectivity index (χ1v) is 8.42. The van der Waals surface area contributed by atoms with E-state index in [1.165, 1.54) is 28.6 Å². The summed E-state index contributed by atoms with van der Waals surface area (Å²) in [7, 11) is 1.61. The average Bonchev–Trinajstić information content (AvgIpc) is 2.64. The van der Waals surface area contributed by atoms with E-state index in [2.05, 4.69) is 28.2 Å². The molecule has 0 aromatic heterocycles. The van der Waals surface area contributed by atoms with E-state index in [0.29, 0.717) is 17.7 Å². The van der Waals surface area contributed by atoms with Crippen molar-refractivity contribution in [3.63, 3.8) is 0 Å². The van der Waals surface area contributed by atoms with Crippen molar-refractivity contribution in [3.8, 4) is 0 Å². The molecule has 9 heteroatoms. The van der Waals surface area contributed by atoms with Crippen LogP contribution in [0, 0.1) is 0 Å². The Morgan fingerprint density at radius 1 is 1.38 bits per heavy atom. The van der Waals surface area contributed by atoms with Gasteiger partial charge >= 0.3 is 0 Å². The molecule has 0 amide bonds. The van der Waals surface area contributed by atoms with Crippen LogP contribution in [0.15, 0.2) is 65.4 Å². The highest BCUT2D eigenvalue weighted by atomic mass is 32.2. The van der Waals surface area contributed by atoms with Crippen LogP contribution in [-0.4, -0.2) is 53.4 Å². The Morgan fingerprint density at radius 3 is 2.54 bits per heavy atom. The van der Waals surface area contributed by atoms with Gasteiger partial charge in [0.25, 0.3) is 0 Å². The first-order valence-electron chi connectivity index (χ1n) is 7.64. The second-order valence-electron chi connectivity index (χ2n) is 4.60. The number of hydrogen-bond acceptors (Lipinski definition) is 7. The highest BCUT2D eigenvalue weighted by Gasteiger charge is 2.14. The lowest BCUT2D eigenvalue weighted by Gasteiger charge is -2.22. The lowest BCUT2D eigenvalue weighted by Crippen LogP contribution is -2.25. The van der Waals surface area contributed by atoms with E-state index in [1.54, 1.807) is 14.0 Å². The van der Waals surface area contributed by atoms with Gasteiger partial charge in [-0.15, -0.1) is 0 Å².